The van der Waals surface area contributed by atoms with Crippen LogP contribution in [0.3, 0.4) is 0 Å². The fraction of sp³-hybridized carbons (Fsp3) is 0.500. The van der Waals surface area contributed by atoms with Crippen LogP contribution in [0.1, 0.15) is 42.8 Å². The molecule has 1 atom stereocenters. The molecule has 0 radical (unpaired) electrons. The van der Waals surface area contributed by atoms with Crippen LogP contribution >= 0.6 is 0 Å². The zero-order valence-corrected chi connectivity index (χ0v) is 15.5. The molecular formula is C20H25FN4O2. The van der Waals surface area contributed by atoms with E-state index in [1.807, 2.05) is 0 Å². The summed E-state index contributed by atoms with van der Waals surface area (Å²) in [6.07, 6.45) is 3.06. The van der Waals surface area contributed by atoms with Crippen LogP contribution in [0.4, 0.5) is 4.39 Å². The monoisotopic (exact) mass is 372 g/mol. The lowest BCUT2D eigenvalue weighted by molar-refractivity contribution is -0.143. The normalized spacial score (nSPS) is 20.5. The summed E-state index contributed by atoms with van der Waals surface area (Å²) in [6.45, 7) is 5.23. The number of rotatable bonds is 3. The summed E-state index contributed by atoms with van der Waals surface area (Å²) in [6, 6.07) is 5.44. The van der Waals surface area contributed by atoms with Crippen LogP contribution < -0.4 is 0 Å². The largest absolute Gasteiger partial charge is 0.378 e. The molecule has 1 fully saturated rings. The molecule has 0 aliphatic carbocycles. The molecule has 2 N–H and O–H groups in total. The number of nitrogens with zero attached hydrogens (tertiary/aromatic N) is 3. The van der Waals surface area contributed by atoms with E-state index in [0.29, 0.717) is 18.7 Å². The van der Waals surface area contributed by atoms with Gasteiger partial charge in [0.15, 0.2) is 6.10 Å². The van der Waals surface area contributed by atoms with Crippen molar-refractivity contribution in [2.75, 3.05) is 26.2 Å². The molecule has 2 aromatic rings. The number of hydrogen-bond donors (Lipinski definition) is 2. The molecule has 27 heavy (non-hydrogen) atoms. The molecule has 4 rings (SSSR count). The van der Waals surface area contributed by atoms with Crippen LogP contribution in [0.25, 0.3) is 0 Å². The summed E-state index contributed by atoms with van der Waals surface area (Å²) in [4.78, 5) is 24.8. The van der Waals surface area contributed by atoms with E-state index in [9.17, 15) is 14.3 Å². The van der Waals surface area contributed by atoms with Gasteiger partial charge in [-0.15, -0.1) is 0 Å². The van der Waals surface area contributed by atoms with E-state index in [4.69, 9.17) is 0 Å². The van der Waals surface area contributed by atoms with E-state index < -0.39 is 6.10 Å². The molecule has 0 unspecified atom stereocenters. The number of aromatic nitrogens is 2. The summed E-state index contributed by atoms with van der Waals surface area (Å²) < 4.78 is 13.1. The van der Waals surface area contributed by atoms with Gasteiger partial charge >= 0.3 is 0 Å². The Morgan fingerprint density at radius 2 is 2.00 bits per heavy atom. The van der Waals surface area contributed by atoms with E-state index in [0.717, 1.165) is 38.0 Å². The SMILES string of the molecule is CCN1CCc2[nH]cnc2C12CCN(C(=O)[C@H](O)c1ccc(F)cc1)CC2. The smallest absolute Gasteiger partial charge is 0.256 e. The van der Waals surface area contributed by atoms with Crippen molar-refractivity contribution < 1.29 is 14.3 Å². The van der Waals surface area contributed by atoms with Gasteiger partial charge in [-0.2, -0.15) is 0 Å². The molecule has 6 nitrogen and oxygen atoms in total. The highest BCUT2D eigenvalue weighted by Gasteiger charge is 2.46. The second kappa shape index (κ2) is 7.05. The first-order valence-corrected chi connectivity index (χ1v) is 9.55. The van der Waals surface area contributed by atoms with Crippen LogP contribution in [0, 0.1) is 5.82 Å². The number of aromatic amines is 1. The number of likely N-dealkylation sites (N-methyl/N-ethyl adjacent to an activating group) is 1. The van der Waals surface area contributed by atoms with Gasteiger partial charge in [-0.1, -0.05) is 19.1 Å². The lowest BCUT2D eigenvalue weighted by Gasteiger charge is -2.50. The van der Waals surface area contributed by atoms with Crippen LogP contribution in [0.15, 0.2) is 30.6 Å². The zero-order chi connectivity index (χ0) is 19.0. The Hall–Kier alpha value is -2.25. The summed E-state index contributed by atoms with van der Waals surface area (Å²) in [7, 11) is 0. The number of halogens is 1. The maximum absolute atomic E-state index is 13.1. The van der Waals surface area contributed by atoms with Gasteiger partial charge in [0, 0.05) is 31.7 Å². The van der Waals surface area contributed by atoms with Crippen molar-refractivity contribution in [2.45, 2.75) is 37.8 Å². The van der Waals surface area contributed by atoms with Crippen LogP contribution in [-0.2, 0) is 16.8 Å². The number of imidazole rings is 1. The molecular weight excluding hydrogens is 347 g/mol. The predicted molar refractivity (Wildman–Crippen MR) is 98.4 cm³/mol. The van der Waals surface area contributed by atoms with E-state index in [1.165, 1.54) is 30.0 Å². The minimum absolute atomic E-state index is 0.139. The Morgan fingerprint density at radius 3 is 2.67 bits per heavy atom. The lowest BCUT2D eigenvalue weighted by Crippen LogP contribution is -2.57. The van der Waals surface area contributed by atoms with Crippen LogP contribution in [-0.4, -0.2) is 57.0 Å². The highest BCUT2D eigenvalue weighted by molar-refractivity contribution is 5.82. The van der Waals surface area contributed by atoms with Crippen molar-refractivity contribution in [2.24, 2.45) is 0 Å². The van der Waals surface area contributed by atoms with Gasteiger partial charge in [-0.3, -0.25) is 9.69 Å². The van der Waals surface area contributed by atoms with Crippen LogP contribution in [0.2, 0.25) is 0 Å². The van der Waals surface area contributed by atoms with Gasteiger partial charge in [0.25, 0.3) is 5.91 Å². The van der Waals surface area contributed by atoms with Gasteiger partial charge in [0.2, 0.25) is 0 Å². The van der Waals surface area contributed by atoms with Crippen molar-refractivity contribution in [1.29, 1.82) is 0 Å². The number of H-pyrrole nitrogens is 1. The topological polar surface area (TPSA) is 72.5 Å². The highest BCUT2D eigenvalue weighted by Crippen LogP contribution is 2.42. The highest BCUT2D eigenvalue weighted by atomic mass is 19.1. The number of carbonyl (C=O) groups excluding carboxylic acids is 1. The molecule has 1 aromatic heterocycles. The number of likely N-dealkylation sites (tertiary alicyclic amines) is 1. The van der Waals surface area contributed by atoms with E-state index in [2.05, 4.69) is 21.8 Å². The Balaban J connectivity index is 1.50. The van der Waals surface area contributed by atoms with Gasteiger partial charge < -0.3 is 15.0 Å². The molecule has 7 heteroatoms. The fourth-order valence-electron chi connectivity index (χ4n) is 4.59. The molecule has 1 spiro atoms. The predicted octanol–water partition coefficient (Wildman–Crippen LogP) is 1.98. The van der Waals surface area contributed by atoms with Crippen molar-refractivity contribution >= 4 is 5.91 Å². The maximum atomic E-state index is 13.1. The Bertz CT molecular complexity index is 812. The number of hydrogen-bond acceptors (Lipinski definition) is 4. The first-order valence-electron chi connectivity index (χ1n) is 9.55. The summed E-state index contributed by atoms with van der Waals surface area (Å²) in [5, 5.41) is 10.4. The fourth-order valence-corrected chi connectivity index (χ4v) is 4.59. The third-order valence-electron chi connectivity index (χ3n) is 6.10. The second-order valence-corrected chi connectivity index (χ2v) is 7.37. The molecule has 3 heterocycles. The number of carbonyl (C=O) groups is 1. The summed E-state index contributed by atoms with van der Waals surface area (Å²) in [5.74, 6) is -0.706. The first-order chi connectivity index (χ1) is 13.0. The van der Waals surface area contributed by atoms with E-state index in [-0.39, 0.29) is 17.3 Å². The van der Waals surface area contributed by atoms with E-state index in [1.54, 1.807) is 11.2 Å². The molecule has 1 aromatic carbocycles. The third kappa shape index (κ3) is 3.04. The average Bonchev–Trinajstić information content (AvgIpc) is 3.18. The number of piperidine rings is 1. The third-order valence-corrected chi connectivity index (χ3v) is 6.10. The first kappa shape index (κ1) is 18.1. The second-order valence-electron chi connectivity index (χ2n) is 7.37. The van der Waals surface area contributed by atoms with Crippen molar-refractivity contribution in [1.82, 2.24) is 19.8 Å². The molecule has 1 amide bonds. The molecule has 1 saturated heterocycles. The van der Waals surface area contributed by atoms with E-state index >= 15 is 0 Å². The molecule has 0 saturated carbocycles. The number of aliphatic hydroxyl groups excluding tert-OH is 1. The van der Waals surface area contributed by atoms with Crippen molar-refractivity contribution in [3.63, 3.8) is 0 Å². The minimum Gasteiger partial charge on any atom is -0.378 e. The van der Waals surface area contributed by atoms with Crippen molar-refractivity contribution in [3.05, 3.63) is 53.4 Å². The number of aliphatic hydroxyl groups is 1. The standard InChI is InChI=1S/C20H25FN4O2/c1-2-25-10-7-16-18(23-13-22-16)20(25)8-11-24(12-9-20)19(27)17(26)14-3-5-15(21)6-4-14/h3-6,13,17,26H,2,7-12H2,1H3,(H,22,23)/t17-/m1/s1. The molecule has 0 bridgehead atoms. The summed E-state index contributed by atoms with van der Waals surface area (Å²) >= 11 is 0. The zero-order valence-electron chi connectivity index (χ0n) is 15.5. The number of benzene rings is 1. The van der Waals surface area contributed by atoms with Crippen molar-refractivity contribution in [3.8, 4) is 0 Å². The number of amides is 1. The quantitative estimate of drug-likeness (QED) is 0.864. The van der Waals surface area contributed by atoms with Crippen LogP contribution in [0.5, 0.6) is 0 Å². The average molecular weight is 372 g/mol. The van der Waals surface area contributed by atoms with Gasteiger partial charge in [-0.25, -0.2) is 9.37 Å². The lowest BCUT2D eigenvalue weighted by atomic mass is 9.78. The van der Waals surface area contributed by atoms with Gasteiger partial charge in [-0.05, 0) is 37.1 Å². The van der Waals surface area contributed by atoms with Gasteiger partial charge in [0.1, 0.15) is 5.82 Å². The number of nitrogens with one attached hydrogen (secondary N) is 1. The maximum Gasteiger partial charge on any atom is 0.256 e. The Kier molecular flexibility index (Phi) is 4.74. The number of fused-ring (bicyclic) bond motifs is 2. The Labute approximate surface area is 158 Å². The molecule has 2 aliphatic rings. The molecule has 2 aliphatic heterocycles. The molecule has 144 valence electrons. The summed E-state index contributed by atoms with van der Waals surface area (Å²) in [5.41, 5.74) is 2.59. The Morgan fingerprint density at radius 1 is 1.30 bits per heavy atom. The van der Waals surface area contributed by atoms with Gasteiger partial charge in [0.05, 0.1) is 17.6 Å². The minimum atomic E-state index is -1.26.